The third kappa shape index (κ3) is 3.14. The quantitative estimate of drug-likeness (QED) is 0.603. The number of ether oxygens (including phenoxy) is 1. The summed E-state index contributed by atoms with van der Waals surface area (Å²) in [6, 6.07) is 6.65. The van der Waals surface area contributed by atoms with Crippen LogP contribution < -0.4 is 4.74 Å². The van der Waals surface area contributed by atoms with Gasteiger partial charge in [0.1, 0.15) is 10.8 Å². The molecular weight excluding hydrogens is 286 g/mol. The van der Waals surface area contributed by atoms with Gasteiger partial charge in [0, 0.05) is 17.3 Å². The fraction of sp³-hybridized carbons (Fsp3) is 0.0833. The number of alkyl halides is 3. The van der Waals surface area contributed by atoms with Gasteiger partial charge >= 0.3 is 6.36 Å². The van der Waals surface area contributed by atoms with E-state index in [1.54, 1.807) is 0 Å². The van der Waals surface area contributed by atoms with Crippen LogP contribution in [0.25, 0.3) is 11.1 Å². The van der Waals surface area contributed by atoms with Gasteiger partial charge < -0.3 is 4.74 Å². The van der Waals surface area contributed by atoms with Gasteiger partial charge in [-0.2, -0.15) is 4.39 Å². The molecule has 1 aromatic carbocycles. The summed E-state index contributed by atoms with van der Waals surface area (Å²) in [5.74, 6) is -1.41. The van der Waals surface area contributed by atoms with Crippen molar-refractivity contribution in [2.75, 3.05) is 0 Å². The van der Waals surface area contributed by atoms with Gasteiger partial charge in [-0.25, -0.2) is 4.98 Å². The first-order valence-corrected chi connectivity index (χ1v) is 5.41. The van der Waals surface area contributed by atoms with Crippen LogP contribution in [-0.4, -0.2) is 11.3 Å². The maximum Gasteiger partial charge on any atom is 0.573 e. The lowest BCUT2D eigenvalue weighted by molar-refractivity contribution is -0.274. The van der Waals surface area contributed by atoms with E-state index in [4.69, 9.17) is 11.6 Å². The normalized spacial score (nSPS) is 11.4. The lowest BCUT2D eigenvalue weighted by Crippen LogP contribution is -2.17. The van der Waals surface area contributed by atoms with Crippen LogP contribution in [0.1, 0.15) is 0 Å². The van der Waals surface area contributed by atoms with Gasteiger partial charge in [0.15, 0.2) is 0 Å². The molecule has 100 valence electrons. The molecule has 0 saturated heterocycles. The van der Waals surface area contributed by atoms with Crippen LogP contribution in [0.4, 0.5) is 17.6 Å². The van der Waals surface area contributed by atoms with Crippen molar-refractivity contribution in [3.8, 4) is 16.9 Å². The number of para-hydroxylation sites is 1. The molecule has 2 nitrogen and oxygen atoms in total. The van der Waals surface area contributed by atoms with Crippen LogP contribution in [0.15, 0.2) is 36.5 Å². The minimum atomic E-state index is -4.84. The number of hydrogen-bond donors (Lipinski definition) is 0. The van der Waals surface area contributed by atoms with Crippen molar-refractivity contribution in [1.29, 1.82) is 0 Å². The first-order chi connectivity index (χ1) is 8.88. The highest BCUT2D eigenvalue weighted by atomic mass is 35.5. The number of halogens is 5. The highest BCUT2D eigenvalue weighted by Gasteiger charge is 2.32. The Labute approximate surface area is 110 Å². The molecule has 2 aromatic rings. The molecule has 7 heteroatoms. The Morgan fingerprint density at radius 2 is 1.74 bits per heavy atom. The number of aromatic nitrogens is 1. The van der Waals surface area contributed by atoms with E-state index in [0.29, 0.717) is 0 Å². The number of pyridine rings is 1. The average Bonchev–Trinajstić information content (AvgIpc) is 2.32. The molecule has 0 saturated carbocycles. The smallest absolute Gasteiger partial charge is 0.405 e. The molecular formula is C12H6ClF4NO. The third-order valence-corrected chi connectivity index (χ3v) is 2.61. The summed E-state index contributed by atoms with van der Waals surface area (Å²) >= 11 is 5.70. The molecule has 2 rings (SSSR count). The fourth-order valence-electron chi connectivity index (χ4n) is 1.53. The van der Waals surface area contributed by atoms with Crippen LogP contribution in [-0.2, 0) is 0 Å². The largest absolute Gasteiger partial charge is 0.573 e. The summed E-state index contributed by atoms with van der Waals surface area (Å²) in [7, 11) is 0. The topological polar surface area (TPSA) is 22.1 Å². The molecule has 0 radical (unpaired) electrons. The van der Waals surface area contributed by atoms with Crippen molar-refractivity contribution in [2.24, 2.45) is 0 Å². The maximum atomic E-state index is 13.2. The van der Waals surface area contributed by atoms with Crippen molar-refractivity contribution < 1.29 is 22.3 Å². The lowest BCUT2D eigenvalue weighted by Gasteiger charge is -2.13. The Morgan fingerprint density at radius 3 is 2.42 bits per heavy atom. The lowest BCUT2D eigenvalue weighted by atomic mass is 10.1. The fourth-order valence-corrected chi connectivity index (χ4v) is 1.74. The van der Waals surface area contributed by atoms with E-state index in [2.05, 4.69) is 9.72 Å². The molecule has 0 aliphatic heterocycles. The van der Waals surface area contributed by atoms with Crippen LogP contribution in [0.3, 0.4) is 0 Å². The first kappa shape index (κ1) is 13.6. The van der Waals surface area contributed by atoms with Crippen molar-refractivity contribution in [3.05, 3.63) is 47.5 Å². The summed E-state index contributed by atoms with van der Waals surface area (Å²) < 4.78 is 53.9. The summed E-state index contributed by atoms with van der Waals surface area (Å²) in [5, 5.41) is -0.360. The molecule has 0 atom stereocenters. The Kier molecular flexibility index (Phi) is 3.61. The van der Waals surface area contributed by atoms with Gasteiger partial charge in [-0.1, -0.05) is 29.8 Å². The molecule has 19 heavy (non-hydrogen) atoms. The predicted molar refractivity (Wildman–Crippen MR) is 61.3 cm³/mol. The van der Waals surface area contributed by atoms with E-state index in [0.717, 1.165) is 12.3 Å². The molecule has 0 bridgehead atoms. The zero-order chi connectivity index (χ0) is 14.0. The highest BCUT2D eigenvalue weighted by Crippen LogP contribution is 2.37. The molecule has 0 unspecified atom stereocenters. The summed E-state index contributed by atoms with van der Waals surface area (Å²) in [5.41, 5.74) is 0.111. The molecule has 0 N–H and O–H groups in total. The van der Waals surface area contributed by atoms with Crippen molar-refractivity contribution in [2.45, 2.75) is 6.36 Å². The van der Waals surface area contributed by atoms with Gasteiger partial charge in [0.05, 0.1) is 0 Å². The molecule has 0 amide bonds. The van der Waals surface area contributed by atoms with E-state index >= 15 is 0 Å². The van der Waals surface area contributed by atoms with E-state index in [1.165, 1.54) is 24.3 Å². The summed E-state index contributed by atoms with van der Waals surface area (Å²) in [4.78, 5) is 3.31. The monoisotopic (exact) mass is 291 g/mol. The zero-order valence-electron chi connectivity index (χ0n) is 9.21. The second-order valence-electron chi connectivity index (χ2n) is 3.51. The number of nitrogens with zero attached hydrogens (tertiary/aromatic N) is 1. The third-order valence-electron chi connectivity index (χ3n) is 2.25. The predicted octanol–water partition coefficient (Wildman–Crippen LogP) is 4.44. The number of hydrogen-bond acceptors (Lipinski definition) is 2. The van der Waals surface area contributed by atoms with Gasteiger partial charge in [-0.15, -0.1) is 13.2 Å². The zero-order valence-corrected chi connectivity index (χ0v) is 9.97. The van der Waals surface area contributed by atoms with Crippen LogP contribution in [0, 0.1) is 5.95 Å². The Hall–Kier alpha value is -1.82. The van der Waals surface area contributed by atoms with Gasteiger partial charge in [-0.05, 0) is 12.1 Å². The molecule has 0 spiro atoms. The van der Waals surface area contributed by atoms with Gasteiger partial charge in [0.2, 0.25) is 5.95 Å². The Morgan fingerprint density at radius 1 is 1.05 bits per heavy atom. The second-order valence-corrected chi connectivity index (χ2v) is 3.89. The summed E-state index contributed by atoms with van der Waals surface area (Å²) in [6.07, 6.45) is -3.73. The molecule has 0 aliphatic rings. The molecule has 0 aliphatic carbocycles. The van der Waals surface area contributed by atoms with E-state index in [1.807, 2.05) is 0 Å². The number of benzene rings is 1. The Bertz CT molecular complexity index is 601. The molecule has 1 aromatic heterocycles. The van der Waals surface area contributed by atoms with Crippen molar-refractivity contribution >= 4 is 11.6 Å². The van der Waals surface area contributed by atoms with Crippen molar-refractivity contribution in [1.82, 2.24) is 4.98 Å². The number of rotatable bonds is 2. The standard InChI is InChI=1S/C12H6ClF4NO/c13-10-8(5-6-18-11(10)14)7-3-1-2-4-9(7)19-12(15,16)17/h1-6H. The van der Waals surface area contributed by atoms with Crippen LogP contribution in [0.5, 0.6) is 5.75 Å². The summed E-state index contributed by atoms with van der Waals surface area (Å²) in [6.45, 7) is 0. The van der Waals surface area contributed by atoms with Gasteiger partial charge in [0.25, 0.3) is 0 Å². The highest BCUT2D eigenvalue weighted by molar-refractivity contribution is 6.33. The van der Waals surface area contributed by atoms with E-state index < -0.39 is 18.1 Å². The van der Waals surface area contributed by atoms with E-state index in [-0.39, 0.29) is 16.1 Å². The minimum absolute atomic E-state index is 0.0334. The Balaban J connectivity index is 2.54. The minimum Gasteiger partial charge on any atom is -0.405 e. The first-order valence-electron chi connectivity index (χ1n) is 5.03. The SMILES string of the molecule is Fc1nccc(-c2ccccc2OC(F)(F)F)c1Cl. The maximum absolute atomic E-state index is 13.2. The average molecular weight is 292 g/mol. The van der Waals surface area contributed by atoms with Crippen molar-refractivity contribution in [3.63, 3.8) is 0 Å². The van der Waals surface area contributed by atoms with Gasteiger partial charge in [-0.3, -0.25) is 0 Å². The molecule has 1 heterocycles. The van der Waals surface area contributed by atoms with Crippen LogP contribution in [0.2, 0.25) is 5.02 Å². The van der Waals surface area contributed by atoms with E-state index in [9.17, 15) is 17.6 Å². The van der Waals surface area contributed by atoms with Crippen LogP contribution >= 0.6 is 11.6 Å². The molecule has 0 fully saturated rings. The second kappa shape index (κ2) is 5.05.